The lowest BCUT2D eigenvalue weighted by atomic mass is 10.0. The van der Waals surface area contributed by atoms with Gasteiger partial charge in [-0.2, -0.15) is 0 Å². The van der Waals surface area contributed by atoms with Crippen molar-refractivity contribution in [1.82, 2.24) is 10.2 Å². The molecule has 9 nitrogen and oxygen atoms in total. The zero-order valence-electron chi connectivity index (χ0n) is 16.7. The third-order valence-electron chi connectivity index (χ3n) is 5.36. The number of amides is 4. The number of rotatable bonds is 4. The molecule has 1 aromatic carbocycles. The second-order valence-corrected chi connectivity index (χ2v) is 7.41. The number of furan rings is 1. The lowest BCUT2D eigenvalue weighted by Crippen LogP contribution is -2.47. The molecule has 2 fully saturated rings. The Labute approximate surface area is 174 Å². The summed E-state index contributed by atoms with van der Waals surface area (Å²) in [6.45, 7) is 3.75. The number of carbonyl (C=O) groups is 3. The molecule has 2 aliphatic rings. The van der Waals surface area contributed by atoms with Crippen molar-refractivity contribution in [3.05, 3.63) is 47.9 Å². The van der Waals surface area contributed by atoms with Crippen LogP contribution in [0.5, 0.6) is 0 Å². The third-order valence-corrected chi connectivity index (χ3v) is 5.36. The van der Waals surface area contributed by atoms with Crippen LogP contribution in [0.4, 0.5) is 21.0 Å². The number of benzene rings is 1. The van der Waals surface area contributed by atoms with Gasteiger partial charge in [-0.3, -0.25) is 9.69 Å². The largest absolute Gasteiger partial charge is 0.459 e. The number of hydrogen-bond acceptors (Lipinski definition) is 5. The molecule has 0 saturated carbocycles. The Morgan fingerprint density at radius 3 is 2.60 bits per heavy atom. The predicted molar refractivity (Wildman–Crippen MR) is 110 cm³/mol. The van der Waals surface area contributed by atoms with Gasteiger partial charge in [0.2, 0.25) is 0 Å². The van der Waals surface area contributed by atoms with Crippen LogP contribution in [0, 0.1) is 6.92 Å². The molecular formula is C21H24N4O5. The molecule has 158 valence electrons. The van der Waals surface area contributed by atoms with Crippen molar-refractivity contribution in [3.63, 3.8) is 0 Å². The molecule has 4 rings (SSSR count). The first-order valence-electron chi connectivity index (χ1n) is 9.96. The van der Waals surface area contributed by atoms with Crippen molar-refractivity contribution in [2.45, 2.75) is 25.8 Å². The average molecular weight is 412 g/mol. The number of anilines is 2. The molecule has 1 aromatic heterocycles. The van der Waals surface area contributed by atoms with Crippen LogP contribution >= 0.6 is 0 Å². The van der Waals surface area contributed by atoms with Crippen LogP contribution in [0.2, 0.25) is 0 Å². The maximum absolute atomic E-state index is 12.6. The average Bonchev–Trinajstić information content (AvgIpc) is 3.36. The normalized spacial score (nSPS) is 17.0. The highest BCUT2D eigenvalue weighted by atomic mass is 16.6. The molecule has 0 unspecified atom stereocenters. The van der Waals surface area contributed by atoms with Gasteiger partial charge in [0, 0.05) is 36.1 Å². The van der Waals surface area contributed by atoms with Crippen LogP contribution in [0.15, 0.2) is 41.0 Å². The van der Waals surface area contributed by atoms with Crippen LogP contribution in [-0.4, -0.2) is 55.2 Å². The number of carbonyl (C=O) groups excluding carboxylic acids is 3. The summed E-state index contributed by atoms with van der Waals surface area (Å²) in [5, 5.41) is 5.86. The van der Waals surface area contributed by atoms with Gasteiger partial charge in [-0.25, -0.2) is 9.59 Å². The molecule has 9 heteroatoms. The minimum atomic E-state index is -0.382. The van der Waals surface area contributed by atoms with Gasteiger partial charge in [0.15, 0.2) is 5.76 Å². The van der Waals surface area contributed by atoms with Gasteiger partial charge in [0.05, 0.1) is 12.8 Å². The van der Waals surface area contributed by atoms with E-state index < -0.39 is 0 Å². The van der Waals surface area contributed by atoms with Crippen molar-refractivity contribution in [3.8, 4) is 0 Å². The van der Waals surface area contributed by atoms with E-state index in [0.717, 1.165) is 5.56 Å². The predicted octanol–water partition coefficient (Wildman–Crippen LogP) is 2.97. The maximum Gasteiger partial charge on any atom is 0.414 e. The first-order valence-corrected chi connectivity index (χ1v) is 9.96. The second kappa shape index (κ2) is 8.48. The monoisotopic (exact) mass is 412 g/mol. The summed E-state index contributed by atoms with van der Waals surface area (Å²) >= 11 is 0. The Morgan fingerprint density at radius 1 is 1.13 bits per heavy atom. The molecule has 0 spiro atoms. The van der Waals surface area contributed by atoms with E-state index in [9.17, 15) is 14.4 Å². The van der Waals surface area contributed by atoms with Crippen molar-refractivity contribution < 1.29 is 23.5 Å². The van der Waals surface area contributed by atoms with E-state index in [1.54, 1.807) is 35.2 Å². The van der Waals surface area contributed by atoms with Crippen LogP contribution in [0.1, 0.15) is 29.0 Å². The molecule has 2 saturated heterocycles. The minimum absolute atomic E-state index is 0.00411. The summed E-state index contributed by atoms with van der Waals surface area (Å²) in [4.78, 5) is 39.9. The molecule has 0 radical (unpaired) electrons. The summed E-state index contributed by atoms with van der Waals surface area (Å²) in [5.41, 5.74) is 2.10. The van der Waals surface area contributed by atoms with Gasteiger partial charge in [-0.1, -0.05) is 6.07 Å². The van der Waals surface area contributed by atoms with Crippen molar-refractivity contribution in [2.75, 3.05) is 36.5 Å². The fourth-order valence-electron chi connectivity index (χ4n) is 3.67. The highest BCUT2D eigenvalue weighted by molar-refractivity contribution is 5.94. The highest BCUT2D eigenvalue weighted by Crippen LogP contribution is 2.23. The summed E-state index contributed by atoms with van der Waals surface area (Å²) in [6.07, 6.45) is 2.45. The Bertz CT molecular complexity index is 948. The van der Waals surface area contributed by atoms with Crippen LogP contribution < -0.4 is 15.5 Å². The number of likely N-dealkylation sites (tertiary alicyclic amines) is 1. The Balaban J connectivity index is 1.29. The molecule has 0 aliphatic carbocycles. The minimum Gasteiger partial charge on any atom is -0.459 e. The number of piperidine rings is 1. The van der Waals surface area contributed by atoms with E-state index in [4.69, 9.17) is 9.15 Å². The smallest absolute Gasteiger partial charge is 0.414 e. The van der Waals surface area contributed by atoms with E-state index in [1.807, 2.05) is 6.92 Å². The lowest BCUT2D eigenvalue weighted by Gasteiger charge is -2.32. The summed E-state index contributed by atoms with van der Waals surface area (Å²) in [6, 6.07) is 8.67. The molecule has 0 atom stereocenters. The molecular weight excluding hydrogens is 388 g/mol. The summed E-state index contributed by atoms with van der Waals surface area (Å²) in [5.74, 6) is 0.106. The molecule has 2 aliphatic heterocycles. The maximum atomic E-state index is 12.6. The number of hydrogen-bond donors (Lipinski definition) is 2. The SMILES string of the molecule is Cc1ccoc1C(=O)NC1CCN(C(=O)Nc2cccc(N3CCOC3=O)c2)CC1. The number of aryl methyl sites for hydroxylation is 1. The lowest BCUT2D eigenvalue weighted by molar-refractivity contribution is 0.0890. The van der Waals surface area contributed by atoms with Gasteiger partial charge in [0.1, 0.15) is 6.61 Å². The fraction of sp³-hybridized carbons (Fsp3) is 0.381. The Kier molecular flexibility index (Phi) is 5.60. The quantitative estimate of drug-likeness (QED) is 0.803. The van der Waals surface area contributed by atoms with Gasteiger partial charge >= 0.3 is 12.1 Å². The number of nitrogens with one attached hydrogen (secondary N) is 2. The Hall–Kier alpha value is -3.49. The molecule has 30 heavy (non-hydrogen) atoms. The molecule has 0 bridgehead atoms. The first kappa shape index (κ1) is 19.8. The van der Waals surface area contributed by atoms with Crippen LogP contribution in [0.25, 0.3) is 0 Å². The topological polar surface area (TPSA) is 104 Å². The van der Waals surface area contributed by atoms with Gasteiger partial charge in [-0.15, -0.1) is 0 Å². The zero-order chi connectivity index (χ0) is 21.1. The third kappa shape index (κ3) is 4.24. The van der Waals surface area contributed by atoms with Crippen molar-refractivity contribution in [2.24, 2.45) is 0 Å². The first-order chi connectivity index (χ1) is 14.5. The van der Waals surface area contributed by atoms with Gasteiger partial charge in [0.25, 0.3) is 5.91 Å². The van der Waals surface area contributed by atoms with E-state index in [1.165, 1.54) is 11.2 Å². The van der Waals surface area contributed by atoms with E-state index in [-0.39, 0.29) is 24.1 Å². The summed E-state index contributed by atoms with van der Waals surface area (Å²) < 4.78 is 10.2. The van der Waals surface area contributed by atoms with Crippen LogP contribution in [0.3, 0.4) is 0 Å². The van der Waals surface area contributed by atoms with E-state index in [2.05, 4.69) is 10.6 Å². The number of ether oxygens (including phenoxy) is 1. The zero-order valence-corrected chi connectivity index (χ0v) is 16.7. The molecule has 3 heterocycles. The fourth-order valence-corrected chi connectivity index (χ4v) is 3.67. The van der Waals surface area contributed by atoms with Crippen LogP contribution in [-0.2, 0) is 4.74 Å². The van der Waals surface area contributed by atoms with E-state index >= 15 is 0 Å². The van der Waals surface area contributed by atoms with Crippen molar-refractivity contribution in [1.29, 1.82) is 0 Å². The van der Waals surface area contributed by atoms with E-state index in [0.29, 0.717) is 56.2 Å². The standard InChI is InChI=1S/C21H24N4O5/c1-14-7-11-29-18(14)19(26)22-15-5-8-24(9-6-15)20(27)23-16-3-2-4-17(13-16)25-10-12-30-21(25)28/h2-4,7,11,13,15H,5-6,8-10,12H2,1H3,(H,22,26)(H,23,27). The highest BCUT2D eigenvalue weighted by Gasteiger charge is 2.26. The number of nitrogens with zero attached hydrogens (tertiary/aromatic N) is 2. The van der Waals surface area contributed by atoms with Gasteiger partial charge in [-0.05, 0) is 44.0 Å². The number of cyclic esters (lactones) is 1. The molecule has 2 aromatic rings. The second-order valence-electron chi connectivity index (χ2n) is 7.41. The summed E-state index contributed by atoms with van der Waals surface area (Å²) in [7, 11) is 0. The number of urea groups is 1. The molecule has 2 N–H and O–H groups in total. The van der Waals surface area contributed by atoms with Gasteiger partial charge < -0.3 is 24.7 Å². The molecule has 4 amide bonds. The van der Waals surface area contributed by atoms with Crippen molar-refractivity contribution >= 4 is 29.4 Å². The Morgan fingerprint density at radius 2 is 1.93 bits per heavy atom.